The lowest BCUT2D eigenvalue weighted by molar-refractivity contribution is -0.132. The highest BCUT2D eigenvalue weighted by molar-refractivity contribution is 6.14. The molecule has 1 saturated heterocycles. The molecule has 0 unspecified atom stereocenters. The number of hydrogen-bond donors (Lipinski definition) is 2. The van der Waals surface area contributed by atoms with Gasteiger partial charge >= 0.3 is 0 Å². The molecule has 0 bridgehead atoms. The van der Waals surface area contributed by atoms with Crippen molar-refractivity contribution in [2.45, 2.75) is 19.8 Å². The molecule has 4 heterocycles. The Morgan fingerprint density at radius 2 is 1.85 bits per heavy atom. The van der Waals surface area contributed by atoms with Gasteiger partial charge in [-0.05, 0) is 55.6 Å². The summed E-state index contributed by atoms with van der Waals surface area (Å²) in [4.78, 5) is 37.0. The fourth-order valence-corrected chi connectivity index (χ4v) is 6.25. The van der Waals surface area contributed by atoms with Crippen molar-refractivity contribution in [1.29, 1.82) is 5.41 Å². The Hall–Kier alpha value is -5.10. The normalized spacial score (nSPS) is 16.8. The van der Waals surface area contributed by atoms with Crippen LogP contribution in [0.5, 0.6) is 0 Å². The van der Waals surface area contributed by atoms with E-state index < -0.39 is 0 Å². The number of carbonyl (C=O) groups is 2. The SMILES string of the molecule is CCN(C(=O)[C@@H]1CCN(CC(=O)N2CC=C(c3ccc(-c4ncn(C)n4)cc3)CC2)C1)c1ccc(N)c(C(=N)c2cnn(C)c2)c1. The number of aromatic nitrogens is 5. The van der Waals surface area contributed by atoms with Crippen LogP contribution in [-0.4, -0.2) is 91.1 Å². The topological polar surface area (TPSA) is 142 Å². The number of amides is 2. The fraction of sp³-hybridized carbons (Fsp3) is 0.353. The molecular formula is C34H40N10O2. The summed E-state index contributed by atoms with van der Waals surface area (Å²) in [6.45, 7) is 5.22. The summed E-state index contributed by atoms with van der Waals surface area (Å²) >= 11 is 0. The Labute approximate surface area is 268 Å². The van der Waals surface area contributed by atoms with E-state index in [1.807, 2.05) is 43.1 Å². The zero-order chi connectivity index (χ0) is 32.4. The third-order valence-electron chi connectivity index (χ3n) is 8.85. The van der Waals surface area contributed by atoms with Gasteiger partial charge in [-0.3, -0.25) is 29.3 Å². The highest BCUT2D eigenvalue weighted by atomic mass is 16.2. The molecule has 2 aliphatic heterocycles. The second-order valence-corrected chi connectivity index (χ2v) is 12.0. The van der Waals surface area contributed by atoms with Crippen LogP contribution in [0.25, 0.3) is 17.0 Å². The second-order valence-electron chi connectivity index (χ2n) is 12.0. The average Bonchev–Trinajstić information content (AvgIpc) is 3.83. The van der Waals surface area contributed by atoms with Gasteiger partial charge in [0.1, 0.15) is 6.33 Å². The quantitative estimate of drug-likeness (QED) is 0.216. The van der Waals surface area contributed by atoms with E-state index in [0.29, 0.717) is 74.0 Å². The molecule has 4 aromatic rings. The molecule has 0 saturated carbocycles. The van der Waals surface area contributed by atoms with Gasteiger partial charge in [-0.1, -0.05) is 30.3 Å². The van der Waals surface area contributed by atoms with E-state index in [4.69, 9.17) is 11.1 Å². The van der Waals surface area contributed by atoms with E-state index >= 15 is 0 Å². The van der Waals surface area contributed by atoms with Gasteiger partial charge in [0.15, 0.2) is 5.82 Å². The lowest BCUT2D eigenvalue weighted by Crippen LogP contribution is -2.42. The van der Waals surface area contributed by atoms with Gasteiger partial charge in [0, 0.05) is 74.5 Å². The lowest BCUT2D eigenvalue weighted by Gasteiger charge is -2.29. The Morgan fingerprint density at radius 1 is 1.07 bits per heavy atom. The van der Waals surface area contributed by atoms with Gasteiger partial charge in [0.2, 0.25) is 11.8 Å². The number of nitrogen functional groups attached to an aromatic ring is 1. The van der Waals surface area contributed by atoms with Crippen LogP contribution in [0.1, 0.15) is 36.5 Å². The average molecular weight is 621 g/mol. The smallest absolute Gasteiger partial charge is 0.237 e. The molecule has 1 atom stereocenters. The summed E-state index contributed by atoms with van der Waals surface area (Å²) < 4.78 is 3.33. The van der Waals surface area contributed by atoms with Crippen molar-refractivity contribution in [3.05, 3.63) is 84.0 Å². The summed E-state index contributed by atoms with van der Waals surface area (Å²) in [7, 11) is 3.65. The largest absolute Gasteiger partial charge is 0.398 e. The molecule has 3 N–H and O–H groups in total. The number of nitrogens with zero attached hydrogens (tertiary/aromatic N) is 8. The summed E-state index contributed by atoms with van der Waals surface area (Å²) in [6.07, 6.45) is 8.72. The number of carbonyl (C=O) groups excluding carboxylic acids is 2. The van der Waals surface area contributed by atoms with Crippen LogP contribution in [0.3, 0.4) is 0 Å². The van der Waals surface area contributed by atoms with Crippen molar-refractivity contribution < 1.29 is 9.59 Å². The molecule has 2 aromatic heterocycles. The van der Waals surface area contributed by atoms with Crippen molar-refractivity contribution in [1.82, 2.24) is 34.3 Å². The van der Waals surface area contributed by atoms with E-state index in [2.05, 4.69) is 38.3 Å². The van der Waals surface area contributed by atoms with Gasteiger partial charge in [-0.2, -0.15) is 10.2 Å². The highest BCUT2D eigenvalue weighted by Gasteiger charge is 2.33. The summed E-state index contributed by atoms with van der Waals surface area (Å²) in [5.41, 5.74) is 12.3. The van der Waals surface area contributed by atoms with Crippen molar-refractivity contribution in [3.63, 3.8) is 0 Å². The molecule has 0 aliphatic carbocycles. The Morgan fingerprint density at radius 3 is 2.50 bits per heavy atom. The number of hydrogen-bond acceptors (Lipinski definition) is 8. The van der Waals surface area contributed by atoms with E-state index in [-0.39, 0.29) is 23.4 Å². The number of anilines is 2. The first-order valence-corrected chi connectivity index (χ1v) is 15.6. The molecule has 0 radical (unpaired) electrons. The molecule has 238 valence electrons. The Bertz CT molecular complexity index is 1790. The highest BCUT2D eigenvalue weighted by Crippen LogP contribution is 2.28. The van der Waals surface area contributed by atoms with Crippen LogP contribution >= 0.6 is 0 Å². The maximum absolute atomic E-state index is 13.7. The molecule has 1 fully saturated rings. The molecule has 2 amide bonds. The van der Waals surface area contributed by atoms with Crippen molar-refractivity contribution in [3.8, 4) is 11.4 Å². The number of likely N-dealkylation sites (tertiary alicyclic amines) is 1. The minimum atomic E-state index is -0.205. The second kappa shape index (κ2) is 13.1. The number of rotatable bonds is 9. The van der Waals surface area contributed by atoms with Crippen LogP contribution in [-0.2, 0) is 23.7 Å². The minimum Gasteiger partial charge on any atom is -0.398 e. The van der Waals surface area contributed by atoms with Gasteiger partial charge in [-0.15, -0.1) is 0 Å². The molecule has 0 spiro atoms. The van der Waals surface area contributed by atoms with Crippen LogP contribution in [0.2, 0.25) is 0 Å². The maximum Gasteiger partial charge on any atom is 0.237 e. The van der Waals surface area contributed by atoms with E-state index in [9.17, 15) is 9.59 Å². The van der Waals surface area contributed by atoms with Gasteiger partial charge in [0.05, 0.1) is 24.4 Å². The first-order chi connectivity index (χ1) is 22.2. The maximum atomic E-state index is 13.7. The van der Waals surface area contributed by atoms with E-state index in [0.717, 1.165) is 17.5 Å². The van der Waals surface area contributed by atoms with Gasteiger partial charge in [0.25, 0.3) is 0 Å². The van der Waals surface area contributed by atoms with Crippen LogP contribution < -0.4 is 10.6 Å². The first kappa shape index (κ1) is 30.9. The Kier molecular flexibility index (Phi) is 8.80. The van der Waals surface area contributed by atoms with Crippen molar-refractivity contribution in [2.75, 3.05) is 49.9 Å². The minimum absolute atomic E-state index is 0.0245. The molecule has 2 aromatic carbocycles. The zero-order valence-corrected chi connectivity index (χ0v) is 26.6. The summed E-state index contributed by atoms with van der Waals surface area (Å²) in [5, 5.41) is 17.2. The number of benzene rings is 2. The van der Waals surface area contributed by atoms with Crippen molar-refractivity contribution >= 4 is 34.5 Å². The molecule has 6 rings (SSSR count). The summed E-state index contributed by atoms with van der Waals surface area (Å²) in [5.74, 6) is 0.610. The predicted octanol–water partition coefficient (Wildman–Crippen LogP) is 3.20. The van der Waals surface area contributed by atoms with Gasteiger partial charge in [-0.25, -0.2) is 4.98 Å². The number of nitrogens with one attached hydrogen (secondary N) is 1. The Balaban J connectivity index is 1.04. The standard InChI is InChI=1S/C34H40N10O2/c1-4-44(28-9-10-30(35)29(17-28)32(36)27-18-38-40(2)19-27)34(46)26-11-14-42(20-26)21-31(45)43-15-12-24(13-16-43)23-5-7-25(8-6-23)33-37-22-41(3)39-33/h5-10,12,17-19,22,26,36H,4,11,13-16,20-21,35H2,1-3H3/t26-/m1/s1. The van der Waals surface area contributed by atoms with Crippen molar-refractivity contribution in [2.24, 2.45) is 20.0 Å². The lowest BCUT2D eigenvalue weighted by atomic mass is 9.98. The van der Waals surface area contributed by atoms with E-state index in [1.54, 1.807) is 46.1 Å². The van der Waals surface area contributed by atoms with E-state index in [1.165, 1.54) is 5.57 Å². The number of nitrogens with two attached hydrogens (primary N) is 1. The molecule has 12 nitrogen and oxygen atoms in total. The fourth-order valence-electron chi connectivity index (χ4n) is 6.25. The molecule has 46 heavy (non-hydrogen) atoms. The zero-order valence-electron chi connectivity index (χ0n) is 26.6. The molecular weight excluding hydrogens is 580 g/mol. The molecule has 2 aliphatic rings. The van der Waals surface area contributed by atoms with Crippen LogP contribution in [0, 0.1) is 11.3 Å². The third kappa shape index (κ3) is 6.47. The summed E-state index contributed by atoms with van der Waals surface area (Å²) in [6, 6.07) is 13.6. The number of aryl methyl sites for hydroxylation is 2. The predicted molar refractivity (Wildman–Crippen MR) is 178 cm³/mol. The monoisotopic (exact) mass is 620 g/mol. The van der Waals surface area contributed by atoms with Crippen LogP contribution in [0.15, 0.2) is 67.3 Å². The van der Waals surface area contributed by atoms with Crippen LogP contribution in [0.4, 0.5) is 11.4 Å². The van der Waals surface area contributed by atoms with Gasteiger partial charge < -0.3 is 15.5 Å². The third-order valence-corrected chi connectivity index (χ3v) is 8.85. The molecule has 12 heteroatoms. The first-order valence-electron chi connectivity index (χ1n) is 15.6.